The SMILES string of the molecule is c1ccc(-c2ccc3ccc(-c4ccc5cc(-c6c7ccccc7nc7c6ccc6cccnc67)ccc5c4)cc3n2)nc1. The number of hydrogen-bond donors (Lipinski definition) is 0. The molecular weight excluding hydrogens is 536 g/mol. The van der Waals surface area contributed by atoms with E-state index >= 15 is 0 Å². The molecule has 4 heterocycles. The van der Waals surface area contributed by atoms with Crippen molar-refractivity contribution in [2.45, 2.75) is 0 Å². The Bertz CT molecular complexity index is 2560. The van der Waals surface area contributed by atoms with Gasteiger partial charge in [-0.1, -0.05) is 84.9 Å². The number of aromatic nitrogens is 4. The van der Waals surface area contributed by atoms with Gasteiger partial charge in [0.05, 0.1) is 33.5 Å². The fourth-order valence-electron chi connectivity index (χ4n) is 6.34. The minimum Gasteiger partial charge on any atom is -0.255 e. The van der Waals surface area contributed by atoms with Gasteiger partial charge in [-0.2, -0.15) is 0 Å². The maximum atomic E-state index is 5.07. The van der Waals surface area contributed by atoms with Crippen LogP contribution in [-0.2, 0) is 0 Å². The number of pyridine rings is 4. The molecule has 0 atom stereocenters. The first-order valence-corrected chi connectivity index (χ1v) is 14.7. The monoisotopic (exact) mass is 560 g/mol. The molecule has 0 bridgehead atoms. The van der Waals surface area contributed by atoms with Crippen LogP contribution in [0, 0.1) is 0 Å². The van der Waals surface area contributed by atoms with Crippen LogP contribution in [0.25, 0.3) is 88.0 Å². The number of fused-ring (bicyclic) bond motifs is 6. The predicted octanol–water partition coefficient (Wildman–Crippen LogP) is 10.0. The van der Waals surface area contributed by atoms with E-state index in [2.05, 4.69) is 102 Å². The highest BCUT2D eigenvalue weighted by molar-refractivity contribution is 6.16. The number of hydrogen-bond acceptors (Lipinski definition) is 4. The predicted molar refractivity (Wildman–Crippen MR) is 181 cm³/mol. The summed E-state index contributed by atoms with van der Waals surface area (Å²) >= 11 is 0. The molecular formula is C40H24N4. The second-order valence-electron chi connectivity index (χ2n) is 11.1. The van der Waals surface area contributed by atoms with Gasteiger partial charge in [0.25, 0.3) is 0 Å². The average molecular weight is 561 g/mol. The van der Waals surface area contributed by atoms with Gasteiger partial charge in [-0.3, -0.25) is 9.97 Å². The molecule has 0 saturated heterocycles. The summed E-state index contributed by atoms with van der Waals surface area (Å²) in [6.45, 7) is 0. The third kappa shape index (κ3) is 4.00. The van der Waals surface area contributed by atoms with E-state index in [1.54, 1.807) is 6.20 Å². The Morgan fingerprint density at radius 3 is 1.98 bits per heavy atom. The van der Waals surface area contributed by atoms with Crippen LogP contribution in [0.3, 0.4) is 0 Å². The lowest BCUT2D eigenvalue weighted by Crippen LogP contribution is -1.92. The molecule has 0 aliphatic rings. The molecule has 0 radical (unpaired) electrons. The van der Waals surface area contributed by atoms with E-state index in [9.17, 15) is 0 Å². The summed E-state index contributed by atoms with van der Waals surface area (Å²) in [6.07, 6.45) is 3.65. The number of benzene rings is 5. The zero-order chi connectivity index (χ0) is 29.0. The highest BCUT2D eigenvalue weighted by Crippen LogP contribution is 2.38. The quantitative estimate of drug-likeness (QED) is 0.159. The normalized spacial score (nSPS) is 11.6. The lowest BCUT2D eigenvalue weighted by atomic mass is 9.93. The first-order chi connectivity index (χ1) is 21.8. The van der Waals surface area contributed by atoms with E-state index in [0.29, 0.717) is 0 Å². The Kier molecular flexibility index (Phi) is 5.47. The van der Waals surface area contributed by atoms with Crippen molar-refractivity contribution in [3.63, 3.8) is 0 Å². The number of nitrogens with zero attached hydrogens (tertiary/aromatic N) is 4. The fraction of sp³-hybridized carbons (Fsp3) is 0. The van der Waals surface area contributed by atoms with Crippen LogP contribution in [0.5, 0.6) is 0 Å². The molecule has 4 aromatic heterocycles. The lowest BCUT2D eigenvalue weighted by molar-refractivity contribution is 1.28. The van der Waals surface area contributed by atoms with Gasteiger partial charge in [0, 0.05) is 39.5 Å². The van der Waals surface area contributed by atoms with Gasteiger partial charge < -0.3 is 0 Å². The summed E-state index contributed by atoms with van der Waals surface area (Å²) in [5.41, 5.74) is 10.2. The molecule has 9 rings (SSSR count). The Balaban J connectivity index is 1.17. The highest BCUT2D eigenvalue weighted by atomic mass is 14.8. The van der Waals surface area contributed by atoms with Gasteiger partial charge >= 0.3 is 0 Å². The molecule has 0 unspecified atom stereocenters. The van der Waals surface area contributed by atoms with Crippen LogP contribution in [0.4, 0.5) is 0 Å². The minimum atomic E-state index is 0.875. The Morgan fingerprint density at radius 2 is 1.09 bits per heavy atom. The van der Waals surface area contributed by atoms with E-state index < -0.39 is 0 Å². The fourth-order valence-corrected chi connectivity index (χ4v) is 6.34. The molecule has 0 aliphatic heterocycles. The van der Waals surface area contributed by atoms with Crippen molar-refractivity contribution in [2.75, 3.05) is 0 Å². The molecule has 204 valence electrons. The van der Waals surface area contributed by atoms with E-state index in [4.69, 9.17) is 15.0 Å². The van der Waals surface area contributed by atoms with Crippen molar-refractivity contribution in [3.8, 4) is 33.6 Å². The van der Waals surface area contributed by atoms with E-state index in [-0.39, 0.29) is 0 Å². The Hall–Kier alpha value is -6.00. The van der Waals surface area contributed by atoms with Gasteiger partial charge in [0.2, 0.25) is 0 Å². The topological polar surface area (TPSA) is 51.6 Å². The van der Waals surface area contributed by atoms with Crippen LogP contribution in [0.15, 0.2) is 146 Å². The van der Waals surface area contributed by atoms with Crippen LogP contribution < -0.4 is 0 Å². The standard InChI is InChI=1S/C40H24N4/c1-2-8-34-32(7-1)38(33-18-16-26-6-5-21-42-39(26)40(33)44-34)31-15-14-27-22-28(12-13-29(27)23-31)30-11-10-25-17-19-36(43-37(25)24-30)35-9-3-4-20-41-35/h1-24H. The number of rotatable bonds is 3. The van der Waals surface area contributed by atoms with Gasteiger partial charge in [0.1, 0.15) is 0 Å². The molecule has 44 heavy (non-hydrogen) atoms. The van der Waals surface area contributed by atoms with Crippen molar-refractivity contribution in [1.29, 1.82) is 0 Å². The Labute approximate surface area is 253 Å². The van der Waals surface area contributed by atoms with Gasteiger partial charge in [-0.15, -0.1) is 0 Å². The maximum Gasteiger partial charge on any atom is 0.0978 e. The van der Waals surface area contributed by atoms with E-state index in [1.165, 1.54) is 21.9 Å². The zero-order valence-corrected chi connectivity index (χ0v) is 23.6. The zero-order valence-electron chi connectivity index (χ0n) is 23.6. The first-order valence-electron chi connectivity index (χ1n) is 14.7. The summed E-state index contributed by atoms with van der Waals surface area (Å²) < 4.78 is 0. The second-order valence-corrected chi connectivity index (χ2v) is 11.1. The summed E-state index contributed by atoms with van der Waals surface area (Å²) in [4.78, 5) is 19.2. The van der Waals surface area contributed by atoms with Crippen molar-refractivity contribution >= 4 is 54.4 Å². The number of para-hydroxylation sites is 1. The molecule has 0 aliphatic carbocycles. The summed E-state index contributed by atoms with van der Waals surface area (Å²) in [5, 5.41) is 6.83. The van der Waals surface area contributed by atoms with Crippen LogP contribution >= 0.6 is 0 Å². The molecule has 9 aromatic rings. The molecule has 0 spiro atoms. The smallest absolute Gasteiger partial charge is 0.0978 e. The molecule has 0 amide bonds. The molecule has 4 heteroatoms. The van der Waals surface area contributed by atoms with Gasteiger partial charge in [-0.05, 0) is 76.0 Å². The van der Waals surface area contributed by atoms with Crippen LogP contribution in [0.1, 0.15) is 0 Å². The molecule has 0 N–H and O–H groups in total. The van der Waals surface area contributed by atoms with Gasteiger partial charge in [0.15, 0.2) is 0 Å². The molecule has 0 saturated carbocycles. The average Bonchev–Trinajstić information content (AvgIpc) is 3.10. The van der Waals surface area contributed by atoms with Gasteiger partial charge in [-0.25, -0.2) is 9.97 Å². The van der Waals surface area contributed by atoms with Crippen LogP contribution in [0.2, 0.25) is 0 Å². The van der Waals surface area contributed by atoms with Crippen molar-refractivity contribution in [1.82, 2.24) is 19.9 Å². The third-order valence-electron chi connectivity index (χ3n) is 8.50. The lowest BCUT2D eigenvalue weighted by Gasteiger charge is -2.14. The molecule has 0 fully saturated rings. The van der Waals surface area contributed by atoms with Crippen LogP contribution in [-0.4, -0.2) is 19.9 Å². The third-order valence-corrected chi connectivity index (χ3v) is 8.50. The highest BCUT2D eigenvalue weighted by Gasteiger charge is 2.15. The summed E-state index contributed by atoms with van der Waals surface area (Å²) in [5.74, 6) is 0. The largest absolute Gasteiger partial charge is 0.255 e. The second kappa shape index (κ2) is 9.79. The van der Waals surface area contributed by atoms with Crippen molar-refractivity contribution in [3.05, 3.63) is 146 Å². The summed E-state index contributed by atoms with van der Waals surface area (Å²) in [6, 6.07) is 46.8. The van der Waals surface area contributed by atoms with Crippen molar-refractivity contribution in [2.24, 2.45) is 0 Å². The first kappa shape index (κ1) is 24.6. The molecule has 5 aromatic carbocycles. The molecule has 4 nitrogen and oxygen atoms in total. The maximum absolute atomic E-state index is 5.07. The Morgan fingerprint density at radius 1 is 0.364 bits per heavy atom. The minimum absolute atomic E-state index is 0.875. The van der Waals surface area contributed by atoms with E-state index in [0.717, 1.165) is 66.1 Å². The summed E-state index contributed by atoms with van der Waals surface area (Å²) in [7, 11) is 0. The van der Waals surface area contributed by atoms with E-state index in [1.807, 2.05) is 42.6 Å². The van der Waals surface area contributed by atoms with Crippen molar-refractivity contribution < 1.29 is 0 Å².